The van der Waals surface area contributed by atoms with E-state index in [1.54, 1.807) is 13.8 Å². The third-order valence-electron chi connectivity index (χ3n) is 2.98. The highest BCUT2D eigenvalue weighted by Gasteiger charge is 2.09. The number of nitrogens with zero attached hydrogens (tertiary/aromatic N) is 3. The Morgan fingerprint density at radius 1 is 1.43 bits per heavy atom. The molecule has 0 aliphatic carbocycles. The van der Waals surface area contributed by atoms with Gasteiger partial charge in [-0.15, -0.1) is 0 Å². The Balaban J connectivity index is 1.83. The second-order valence-corrected chi connectivity index (χ2v) is 4.60. The first-order chi connectivity index (χ1) is 11.0. The van der Waals surface area contributed by atoms with Crippen LogP contribution in [0.25, 0.3) is 0 Å². The van der Waals surface area contributed by atoms with Gasteiger partial charge in [0.15, 0.2) is 0 Å². The summed E-state index contributed by atoms with van der Waals surface area (Å²) in [6, 6.07) is 5.44. The maximum atomic E-state index is 11.6. The zero-order valence-electron chi connectivity index (χ0n) is 12.5. The highest BCUT2D eigenvalue weighted by Crippen LogP contribution is 2.15. The number of hydrogen-bond donors (Lipinski definition) is 1. The van der Waals surface area contributed by atoms with Gasteiger partial charge in [-0.1, -0.05) is 10.3 Å². The van der Waals surface area contributed by atoms with Crippen molar-refractivity contribution in [2.45, 2.75) is 20.5 Å². The Morgan fingerprint density at radius 2 is 2.13 bits per heavy atom. The summed E-state index contributed by atoms with van der Waals surface area (Å²) < 4.78 is 4.97. The number of rotatable bonds is 6. The number of amides is 1. The van der Waals surface area contributed by atoms with Crippen LogP contribution in [-0.2, 0) is 16.2 Å². The van der Waals surface area contributed by atoms with Crippen LogP contribution in [0.4, 0.5) is 11.4 Å². The SMILES string of the molecule is Cc1noc(C)c1CON=CC(=O)Nc1ccc([N+](=O)[O-])cc1. The topological polar surface area (TPSA) is 120 Å². The fourth-order valence-corrected chi connectivity index (χ4v) is 1.74. The molecular formula is C14H14N4O5. The van der Waals surface area contributed by atoms with E-state index in [4.69, 9.17) is 9.36 Å². The number of aryl methyl sites for hydroxylation is 2. The molecule has 1 N–H and O–H groups in total. The van der Waals surface area contributed by atoms with Crippen molar-refractivity contribution >= 4 is 23.5 Å². The Hall–Kier alpha value is -3.23. The zero-order chi connectivity index (χ0) is 16.8. The van der Waals surface area contributed by atoms with Crippen LogP contribution in [0.3, 0.4) is 0 Å². The molecule has 0 saturated carbocycles. The molecule has 120 valence electrons. The lowest BCUT2D eigenvalue weighted by Gasteiger charge is -2.01. The van der Waals surface area contributed by atoms with Crippen LogP contribution < -0.4 is 5.32 Å². The van der Waals surface area contributed by atoms with E-state index >= 15 is 0 Å². The smallest absolute Gasteiger partial charge is 0.270 e. The molecule has 1 heterocycles. The van der Waals surface area contributed by atoms with Gasteiger partial charge < -0.3 is 14.7 Å². The summed E-state index contributed by atoms with van der Waals surface area (Å²) in [4.78, 5) is 26.6. The average Bonchev–Trinajstić information content (AvgIpc) is 2.83. The lowest BCUT2D eigenvalue weighted by atomic mass is 10.2. The van der Waals surface area contributed by atoms with E-state index < -0.39 is 10.8 Å². The van der Waals surface area contributed by atoms with Crippen LogP contribution in [0.5, 0.6) is 0 Å². The van der Waals surface area contributed by atoms with Gasteiger partial charge >= 0.3 is 0 Å². The summed E-state index contributed by atoms with van der Waals surface area (Å²) in [6.45, 7) is 3.67. The molecule has 1 aromatic heterocycles. The van der Waals surface area contributed by atoms with Gasteiger partial charge in [0.2, 0.25) is 0 Å². The van der Waals surface area contributed by atoms with Crippen molar-refractivity contribution in [1.82, 2.24) is 5.16 Å². The number of oxime groups is 1. The minimum Gasteiger partial charge on any atom is -0.391 e. The number of nitro benzene ring substituents is 1. The molecule has 9 heteroatoms. The monoisotopic (exact) mass is 318 g/mol. The maximum absolute atomic E-state index is 11.6. The lowest BCUT2D eigenvalue weighted by Crippen LogP contribution is -2.12. The largest absolute Gasteiger partial charge is 0.391 e. The number of hydrogen-bond acceptors (Lipinski definition) is 7. The van der Waals surface area contributed by atoms with Crippen molar-refractivity contribution in [2.24, 2.45) is 5.16 Å². The van der Waals surface area contributed by atoms with Crippen LogP contribution in [0, 0.1) is 24.0 Å². The molecule has 1 aromatic carbocycles. The Labute approximate surface area is 131 Å². The Kier molecular flexibility index (Phi) is 5.03. The fourth-order valence-electron chi connectivity index (χ4n) is 1.74. The first-order valence-corrected chi connectivity index (χ1v) is 6.60. The van der Waals surface area contributed by atoms with E-state index in [1.165, 1.54) is 24.3 Å². The standard InChI is InChI=1S/C14H14N4O5/c1-9-13(10(2)23-17-9)8-22-15-7-14(19)16-11-3-5-12(6-4-11)18(20)21/h3-7H,8H2,1-2H3,(H,16,19). The molecule has 0 bridgehead atoms. The summed E-state index contributed by atoms with van der Waals surface area (Å²) >= 11 is 0. The van der Waals surface area contributed by atoms with Gasteiger partial charge in [-0.2, -0.15) is 0 Å². The van der Waals surface area contributed by atoms with Crippen molar-refractivity contribution in [3.05, 3.63) is 51.4 Å². The van der Waals surface area contributed by atoms with Crippen molar-refractivity contribution in [1.29, 1.82) is 0 Å². The Bertz CT molecular complexity index is 717. The van der Waals surface area contributed by atoms with E-state index in [2.05, 4.69) is 15.6 Å². The number of anilines is 1. The summed E-state index contributed by atoms with van der Waals surface area (Å²) in [6.07, 6.45) is 0.972. The fraction of sp³-hybridized carbons (Fsp3) is 0.214. The molecule has 0 fully saturated rings. The van der Waals surface area contributed by atoms with Crippen molar-refractivity contribution in [3.8, 4) is 0 Å². The molecule has 0 unspecified atom stereocenters. The summed E-state index contributed by atoms with van der Waals surface area (Å²) in [5.74, 6) is 0.116. The highest BCUT2D eigenvalue weighted by atomic mass is 16.6. The van der Waals surface area contributed by atoms with Crippen molar-refractivity contribution < 1.29 is 19.1 Å². The van der Waals surface area contributed by atoms with Gasteiger partial charge in [-0.3, -0.25) is 14.9 Å². The predicted molar refractivity (Wildman–Crippen MR) is 81.0 cm³/mol. The number of carbonyl (C=O) groups is 1. The second-order valence-electron chi connectivity index (χ2n) is 4.60. The molecule has 0 saturated heterocycles. The minimum atomic E-state index is -0.518. The van der Waals surface area contributed by atoms with Crippen LogP contribution >= 0.6 is 0 Å². The third kappa shape index (κ3) is 4.37. The van der Waals surface area contributed by atoms with Crippen molar-refractivity contribution in [2.75, 3.05) is 5.32 Å². The van der Waals surface area contributed by atoms with Crippen LogP contribution in [0.15, 0.2) is 33.9 Å². The summed E-state index contributed by atoms with van der Waals surface area (Å²) in [7, 11) is 0. The number of benzene rings is 1. The van der Waals surface area contributed by atoms with E-state index in [1.807, 2.05) is 0 Å². The second kappa shape index (κ2) is 7.16. The van der Waals surface area contributed by atoms with Crippen LogP contribution in [-0.4, -0.2) is 22.2 Å². The van der Waals surface area contributed by atoms with Gasteiger partial charge in [0.1, 0.15) is 18.6 Å². The normalized spacial score (nSPS) is 10.7. The zero-order valence-corrected chi connectivity index (χ0v) is 12.5. The van der Waals surface area contributed by atoms with E-state index in [0.29, 0.717) is 17.1 Å². The minimum absolute atomic E-state index is 0.0561. The molecule has 1 amide bonds. The molecule has 0 radical (unpaired) electrons. The van der Waals surface area contributed by atoms with Gasteiger partial charge in [0, 0.05) is 17.8 Å². The number of aromatic nitrogens is 1. The number of nitro groups is 1. The van der Waals surface area contributed by atoms with Gasteiger partial charge in [0.05, 0.1) is 16.2 Å². The molecule has 2 aromatic rings. The van der Waals surface area contributed by atoms with Crippen LogP contribution in [0.1, 0.15) is 17.0 Å². The summed E-state index contributed by atoms with van der Waals surface area (Å²) in [5, 5.41) is 20.4. The highest BCUT2D eigenvalue weighted by molar-refractivity contribution is 6.31. The molecule has 23 heavy (non-hydrogen) atoms. The number of nitrogens with one attached hydrogen (secondary N) is 1. The molecule has 0 atom stereocenters. The van der Waals surface area contributed by atoms with Crippen LogP contribution in [0.2, 0.25) is 0 Å². The molecular weight excluding hydrogens is 304 g/mol. The maximum Gasteiger partial charge on any atom is 0.270 e. The Morgan fingerprint density at radius 3 is 2.70 bits per heavy atom. The number of non-ortho nitro benzene ring substituents is 1. The third-order valence-corrected chi connectivity index (χ3v) is 2.98. The van der Waals surface area contributed by atoms with E-state index in [9.17, 15) is 14.9 Å². The average molecular weight is 318 g/mol. The van der Waals surface area contributed by atoms with Gasteiger partial charge in [-0.25, -0.2) is 0 Å². The van der Waals surface area contributed by atoms with Crippen molar-refractivity contribution in [3.63, 3.8) is 0 Å². The molecule has 0 spiro atoms. The summed E-state index contributed by atoms with van der Waals surface area (Å²) in [5.41, 5.74) is 1.84. The number of carbonyl (C=O) groups excluding carboxylic acids is 1. The van der Waals surface area contributed by atoms with Gasteiger partial charge in [-0.05, 0) is 26.0 Å². The molecule has 9 nitrogen and oxygen atoms in total. The van der Waals surface area contributed by atoms with E-state index in [0.717, 1.165) is 11.8 Å². The molecule has 2 rings (SSSR count). The quantitative estimate of drug-likeness (QED) is 0.496. The molecule has 0 aliphatic rings. The molecule has 0 aliphatic heterocycles. The first kappa shape index (κ1) is 16.1. The first-order valence-electron chi connectivity index (χ1n) is 6.60. The van der Waals surface area contributed by atoms with Gasteiger partial charge in [0.25, 0.3) is 11.6 Å². The van der Waals surface area contributed by atoms with E-state index in [-0.39, 0.29) is 12.3 Å². The predicted octanol–water partition coefficient (Wildman–Crippen LogP) is 2.34. The lowest BCUT2D eigenvalue weighted by molar-refractivity contribution is -0.384.